The predicted octanol–water partition coefficient (Wildman–Crippen LogP) is 3.83. The molecule has 0 saturated heterocycles. The fourth-order valence-electron chi connectivity index (χ4n) is 3.76. The molecule has 1 aliphatic rings. The minimum Gasteiger partial charge on any atom is -0.376 e. The first-order chi connectivity index (χ1) is 15.4. The molecule has 1 unspecified atom stereocenters. The second-order valence-electron chi connectivity index (χ2n) is 7.61. The van der Waals surface area contributed by atoms with Gasteiger partial charge in [0.25, 0.3) is 5.91 Å². The predicted molar refractivity (Wildman–Crippen MR) is 120 cm³/mol. The zero-order valence-corrected chi connectivity index (χ0v) is 18.5. The molecule has 0 aliphatic carbocycles. The van der Waals surface area contributed by atoms with E-state index in [1.54, 1.807) is 11.9 Å². The number of hydrogen-bond donors (Lipinski definition) is 1. The normalized spacial score (nSPS) is 16.5. The number of carbonyl (C=O) groups excluding carboxylic acids is 1. The van der Waals surface area contributed by atoms with Gasteiger partial charge in [-0.2, -0.15) is 0 Å². The van der Waals surface area contributed by atoms with E-state index in [2.05, 4.69) is 0 Å². The average molecular weight is 456 g/mol. The Morgan fingerprint density at radius 2 is 1.62 bits per heavy atom. The maximum Gasteiger partial charge on any atom is 0.265 e. The summed E-state index contributed by atoms with van der Waals surface area (Å²) >= 11 is 1.42. The lowest BCUT2D eigenvalue weighted by atomic mass is 9.83. The lowest BCUT2D eigenvalue weighted by Gasteiger charge is -2.30. The molecule has 1 aromatic heterocycles. The van der Waals surface area contributed by atoms with Gasteiger partial charge < -0.3 is 5.11 Å². The summed E-state index contributed by atoms with van der Waals surface area (Å²) in [5.41, 5.74) is -0.596. The summed E-state index contributed by atoms with van der Waals surface area (Å²) < 4.78 is 27.4. The number of thiophene rings is 1. The average Bonchev–Trinajstić information content (AvgIpc) is 3.42. The molecule has 2 aromatic carbocycles. The summed E-state index contributed by atoms with van der Waals surface area (Å²) in [6.07, 6.45) is -0.911. The Kier molecular flexibility index (Phi) is 6.19. The largest absolute Gasteiger partial charge is 0.376 e. The summed E-state index contributed by atoms with van der Waals surface area (Å²) in [5, 5.41) is 12.6. The molecule has 166 valence electrons. The molecule has 1 atom stereocenters. The Balaban J connectivity index is 1.91. The van der Waals surface area contributed by atoms with Gasteiger partial charge in [0.1, 0.15) is 23.7 Å². The first kappa shape index (κ1) is 22.3. The van der Waals surface area contributed by atoms with Crippen LogP contribution in [0.3, 0.4) is 0 Å². The molecule has 0 fully saturated rings. The molecule has 0 spiro atoms. The standard InChI is InChI=1S/C24H23F2N3O2S/c1-3-28(2)21(30)15-29-22(20-5-4-14-32-20)27-24(23(29)31,16-6-10-18(25)11-7-16)17-8-12-19(26)13-9-17/h4-14,21,30H,3,15H2,1-2H3. The van der Waals surface area contributed by atoms with E-state index in [1.807, 2.05) is 24.4 Å². The maximum absolute atomic E-state index is 14.0. The van der Waals surface area contributed by atoms with E-state index in [1.165, 1.54) is 64.8 Å². The molecule has 1 N–H and O–H groups in total. The number of hydrogen-bond acceptors (Lipinski definition) is 5. The lowest BCUT2D eigenvalue weighted by molar-refractivity contribution is -0.132. The van der Waals surface area contributed by atoms with Gasteiger partial charge in [0.15, 0.2) is 5.54 Å². The van der Waals surface area contributed by atoms with Crippen LogP contribution in [0.1, 0.15) is 22.9 Å². The number of nitrogens with zero attached hydrogens (tertiary/aromatic N) is 3. The Labute approximate surface area is 189 Å². The highest BCUT2D eigenvalue weighted by Gasteiger charge is 2.52. The molecule has 2 heterocycles. The highest BCUT2D eigenvalue weighted by molar-refractivity contribution is 7.12. The number of benzene rings is 2. The van der Waals surface area contributed by atoms with Gasteiger partial charge in [-0.15, -0.1) is 11.3 Å². The Morgan fingerprint density at radius 1 is 1.06 bits per heavy atom. The number of likely N-dealkylation sites (N-methyl/N-ethyl adjacent to an activating group) is 1. The van der Waals surface area contributed by atoms with E-state index < -0.39 is 23.4 Å². The van der Waals surface area contributed by atoms with Gasteiger partial charge >= 0.3 is 0 Å². The van der Waals surface area contributed by atoms with Crippen molar-refractivity contribution in [1.29, 1.82) is 0 Å². The van der Waals surface area contributed by atoms with Crippen molar-refractivity contribution in [1.82, 2.24) is 9.80 Å². The molecule has 1 amide bonds. The van der Waals surface area contributed by atoms with Crippen LogP contribution in [0.2, 0.25) is 0 Å². The van der Waals surface area contributed by atoms with Crippen LogP contribution < -0.4 is 0 Å². The van der Waals surface area contributed by atoms with Crippen molar-refractivity contribution < 1.29 is 18.7 Å². The second-order valence-corrected chi connectivity index (χ2v) is 8.55. The number of amidine groups is 1. The number of aliphatic imine (C=N–C) groups is 1. The second kappa shape index (κ2) is 8.90. The molecule has 3 aromatic rings. The molecule has 8 heteroatoms. The van der Waals surface area contributed by atoms with Crippen LogP contribution in [0.5, 0.6) is 0 Å². The van der Waals surface area contributed by atoms with Crippen molar-refractivity contribution in [3.05, 3.63) is 93.7 Å². The van der Waals surface area contributed by atoms with Crippen molar-refractivity contribution in [2.24, 2.45) is 4.99 Å². The number of carbonyl (C=O) groups is 1. The van der Waals surface area contributed by atoms with E-state index in [9.17, 15) is 18.7 Å². The summed E-state index contributed by atoms with van der Waals surface area (Å²) in [5.74, 6) is -0.842. The highest BCUT2D eigenvalue weighted by Crippen LogP contribution is 2.42. The van der Waals surface area contributed by atoms with Gasteiger partial charge in [-0.3, -0.25) is 14.6 Å². The molecule has 0 bridgehead atoms. The minimum absolute atomic E-state index is 0.00401. The first-order valence-electron chi connectivity index (χ1n) is 10.2. The van der Waals surface area contributed by atoms with Crippen LogP contribution in [-0.2, 0) is 10.3 Å². The minimum atomic E-state index is -1.52. The van der Waals surface area contributed by atoms with Gasteiger partial charge in [-0.25, -0.2) is 13.8 Å². The van der Waals surface area contributed by atoms with Gasteiger partial charge in [0.2, 0.25) is 0 Å². The van der Waals surface area contributed by atoms with E-state index in [0.717, 1.165) is 4.88 Å². The maximum atomic E-state index is 14.0. The van der Waals surface area contributed by atoms with Crippen LogP contribution in [-0.4, -0.2) is 53.0 Å². The molecule has 0 saturated carbocycles. The lowest BCUT2D eigenvalue weighted by Crippen LogP contribution is -2.48. The zero-order valence-electron chi connectivity index (χ0n) is 17.7. The Morgan fingerprint density at radius 3 is 2.09 bits per heavy atom. The van der Waals surface area contributed by atoms with Gasteiger partial charge in [0.05, 0.1) is 11.4 Å². The number of aliphatic hydroxyl groups excluding tert-OH is 1. The first-order valence-corrected chi connectivity index (χ1v) is 11.1. The van der Waals surface area contributed by atoms with Gasteiger partial charge in [0, 0.05) is 0 Å². The number of halogens is 2. The van der Waals surface area contributed by atoms with E-state index in [4.69, 9.17) is 4.99 Å². The molecular formula is C24H23F2N3O2S. The van der Waals surface area contributed by atoms with Crippen molar-refractivity contribution >= 4 is 23.1 Å². The number of aliphatic hydroxyl groups is 1. The van der Waals surface area contributed by atoms with Crippen molar-refractivity contribution in [2.45, 2.75) is 18.7 Å². The summed E-state index contributed by atoms with van der Waals surface area (Å²) in [4.78, 5) is 22.9. The summed E-state index contributed by atoms with van der Waals surface area (Å²) in [6.45, 7) is 2.50. The zero-order chi connectivity index (χ0) is 22.9. The summed E-state index contributed by atoms with van der Waals surface area (Å²) in [7, 11) is 1.76. The highest BCUT2D eigenvalue weighted by atomic mass is 32.1. The fourth-order valence-corrected chi connectivity index (χ4v) is 4.48. The number of rotatable bonds is 7. The van der Waals surface area contributed by atoms with Gasteiger partial charge in [-0.05, 0) is 60.4 Å². The molecule has 0 radical (unpaired) electrons. The van der Waals surface area contributed by atoms with Crippen LogP contribution in [0.25, 0.3) is 0 Å². The molecule has 5 nitrogen and oxygen atoms in total. The fraction of sp³-hybridized carbons (Fsp3) is 0.250. The third-order valence-corrected chi connectivity index (χ3v) is 6.57. The topological polar surface area (TPSA) is 56.1 Å². The Hall–Kier alpha value is -2.94. The van der Waals surface area contributed by atoms with E-state index in [-0.39, 0.29) is 12.5 Å². The van der Waals surface area contributed by atoms with Crippen LogP contribution >= 0.6 is 11.3 Å². The number of β-amino-alcohol motifs (C(OH)–C–C–N with tert-alkyl or cyclic N) is 1. The SMILES string of the molecule is CCN(C)C(O)CN1C(=O)C(c2ccc(F)cc2)(c2ccc(F)cc2)N=C1c1cccs1. The van der Waals surface area contributed by atoms with Crippen molar-refractivity contribution in [2.75, 3.05) is 20.1 Å². The van der Waals surface area contributed by atoms with E-state index in [0.29, 0.717) is 23.5 Å². The van der Waals surface area contributed by atoms with E-state index >= 15 is 0 Å². The monoisotopic (exact) mass is 455 g/mol. The molecule has 4 rings (SSSR count). The quantitative estimate of drug-likeness (QED) is 0.551. The Bertz CT molecular complexity index is 1070. The molecule has 32 heavy (non-hydrogen) atoms. The van der Waals surface area contributed by atoms with Crippen molar-refractivity contribution in [3.8, 4) is 0 Å². The number of amides is 1. The molecule has 1 aliphatic heterocycles. The molecular weight excluding hydrogens is 432 g/mol. The van der Waals surface area contributed by atoms with Crippen LogP contribution in [0, 0.1) is 11.6 Å². The third-order valence-electron chi connectivity index (χ3n) is 5.70. The van der Waals surface area contributed by atoms with Crippen LogP contribution in [0.4, 0.5) is 8.78 Å². The van der Waals surface area contributed by atoms with Gasteiger partial charge in [-0.1, -0.05) is 37.3 Å². The van der Waals surface area contributed by atoms with Crippen molar-refractivity contribution in [3.63, 3.8) is 0 Å². The smallest absolute Gasteiger partial charge is 0.265 e. The third kappa shape index (κ3) is 3.85. The summed E-state index contributed by atoms with van der Waals surface area (Å²) in [6, 6.07) is 14.9. The van der Waals surface area contributed by atoms with Crippen LogP contribution in [0.15, 0.2) is 71.0 Å².